The highest BCUT2D eigenvalue weighted by atomic mass is 35.5. The minimum absolute atomic E-state index is 0.109. The average molecular weight is 291 g/mol. The number of halogens is 1. The first kappa shape index (κ1) is 15.3. The quantitative estimate of drug-likeness (QED) is 0.848. The van der Waals surface area contributed by atoms with Gasteiger partial charge < -0.3 is 5.73 Å². The number of nitrogen functional groups attached to an aromatic ring is 1. The summed E-state index contributed by atoms with van der Waals surface area (Å²) in [4.78, 5) is 0.109. The molecule has 0 heterocycles. The fraction of sp³-hybridized carbons (Fsp3) is 0.500. The fourth-order valence-corrected chi connectivity index (χ4v) is 2.94. The first-order valence-corrected chi connectivity index (χ1v) is 7.58. The molecular formula is C12H19ClN2O2S. The molecule has 4 nitrogen and oxygen atoms in total. The summed E-state index contributed by atoms with van der Waals surface area (Å²) in [7, 11) is -1.97. The smallest absolute Gasteiger partial charge is 0.244 e. The Morgan fingerprint density at radius 1 is 1.39 bits per heavy atom. The maximum atomic E-state index is 12.3. The van der Waals surface area contributed by atoms with Crippen LogP contribution in [-0.4, -0.2) is 26.3 Å². The van der Waals surface area contributed by atoms with Crippen molar-refractivity contribution in [3.8, 4) is 0 Å². The molecule has 0 amide bonds. The maximum absolute atomic E-state index is 12.3. The second-order valence-electron chi connectivity index (χ2n) is 4.69. The summed E-state index contributed by atoms with van der Waals surface area (Å²) in [6.07, 6.45) is 0.809. The van der Waals surface area contributed by atoms with Crippen molar-refractivity contribution in [3.05, 3.63) is 23.2 Å². The van der Waals surface area contributed by atoms with Gasteiger partial charge in [0.05, 0.1) is 5.69 Å². The third kappa shape index (κ3) is 3.60. The second-order valence-corrected chi connectivity index (χ2v) is 7.14. The topological polar surface area (TPSA) is 63.4 Å². The molecule has 0 aliphatic rings. The van der Waals surface area contributed by atoms with E-state index in [9.17, 15) is 8.42 Å². The summed E-state index contributed by atoms with van der Waals surface area (Å²) in [5, 5.41) is 0.427. The predicted molar refractivity (Wildman–Crippen MR) is 75.1 cm³/mol. The summed E-state index contributed by atoms with van der Waals surface area (Å²) < 4.78 is 25.9. The Hall–Kier alpha value is -0.780. The van der Waals surface area contributed by atoms with Gasteiger partial charge in [0, 0.05) is 18.6 Å². The van der Waals surface area contributed by atoms with Crippen LogP contribution in [0.2, 0.25) is 5.02 Å². The molecule has 0 bridgehead atoms. The van der Waals surface area contributed by atoms with E-state index in [1.165, 1.54) is 22.5 Å². The first-order valence-electron chi connectivity index (χ1n) is 5.76. The van der Waals surface area contributed by atoms with E-state index in [-0.39, 0.29) is 10.6 Å². The van der Waals surface area contributed by atoms with Crippen LogP contribution in [-0.2, 0) is 10.0 Å². The van der Waals surface area contributed by atoms with E-state index >= 15 is 0 Å². The van der Waals surface area contributed by atoms with Crippen LogP contribution >= 0.6 is 11.6 Å². The van der Waals surface area contributed by atoms with Gasteiger partial charge in [-0.3, -0.25) is 0 Å². The molecule has 0 aromatic heterocycles. The third-order valence-electron chi connectivity index (χ3n) is 2.68. The number of nitrogens with zero attached hydrogens (tertiary/aromatic N) is 1. The molecule has 102 valence electrons. The minimum Gasteiger partial charge on any atom is -0.398 e. The van der Waals surface area contributed by atoms with Gasteiger partial charge in [-0.2, -0.15) is 0 Å². The Bertz CT molecular complexity index is 515. The summed E-state index contributed by atoms with van der Waals surface area (Å²) >= 11 is 5.76. The van der Waals surface area contributed by atoms with Crippen molar-refractivity contribution >= 4 is 27.3 Å². The van der Waals surface area contributed by atoms with Gasteiger partial charge in [-0.05, 0) is 30.5 Å². The number of benzene rings is 1. The van der Waals surface area contributed by atoms with Gasteiger partial charge in [0.2, 0.25) is 10.0 Å². The lowest BCUT2D eigenvalue weighted by Crippen LogP contribution is -2.29. The molecule has 2 N–H and O–H groups in total. The van der Waals surface area contributed by atoms with E-state index < -0.39 is 10.0 Å². The van der Waals surface area contributed by atoms with Gasteiger partial charge in [0.15, 0.2) is 0 Å². The molecule has 0 unspecified atom stereocenters. The van der Waals surface area contributed by atoms with Crippen molar-refractivity contribution in [3.63, 3.8) is 0 Å². The number of rotatable bonds is 5. The highest BCUT2D eigenvalue weighted by Crippen LogP contribution is 2.25. The summed E-state index contributed by atoms with van der Waals surface area (Å²) in [5.41, 5.74) is 5.89. The van der Waals surface area contributed by atoms with Gasteiger partial charge >= 0.3 is 0 Å². The molecule has 0 fully saturated rings. The van der Waals surface area contributed by atoms with Gasteiger partial charge in [-0.15, -0.1) is 0 Å². The van der Waals surface area contributed by atoms with Gasteiger partial charge in [0.1, 0.15) is 4.90 Å². The van der Waals surface area contributed by atoms with Gasteiger partial charge in [-0.25, -0.2) is 12.7 Å². The number of hydrogen-bond acceptors (Lipinski definition) is 3. The molecule has 0 aliphatic carbocycles. The Morgan fingerprint density at radius 3 is 2.50 bits per heavy atom. The van der Waals surface area contributed by atoms with Crippen molar-refractivity contribution in [2.24, 2.45) is 5.92 Å². The number of sulfonamides is 1. The molecule has 0 atom stereocenters. The monoisotopic (exact) mass is 290 g/mol. The zero-order valence-electron chi connectivity index (χ0n) is 10.9. The predicted octanol–water partition coefficient (Wildman–Crippen LogP) is 2.59. The maximum Gasteiger partial charge on any atom is 0.244 e. The highest BCUT2D eigenvalue weighted by Gasteiger charge is 2.23. The first-order chi connectivity index (χ1) is 8.25. The van der Waals surface area contributed by atoms with Crippen molar-refractivity contribution in [2.75, 3.05) is 19.3 Å². The van der Waals surface area contributed by atoms with E-state index in [1.54, 1.807) is 7.05 Å². The van der Waals surface area contributed by atoms with Gasteiger partial charge in [-0.1, -0.05) is 25.4 Å². The number of anilines is 1. The molecule has 1 aromatic rings. The van der Waals surface area contributed by atoms with E-state index in [4.69, 9.17) is 17.3 Å². The van der Waals surface area contributed by atoms with Crippen LogP contribution in [0.5, 0.6) is 0 Å². The molecule has 18 heavy (non-hydrogen) atoms. The van der Waals surface area contributed by atoms with Crippen molar-refractivity contribution in [1.29, 1.82) is 0 Å². The lowest BCUT2D eigenvalue weighted by atomic mass is 10.1. The molecule has 6 heteroatoms. The van der Waals surface area contributed by atoms with Crippen LogP contribution < -0.4 is 5.73 Å². The summed E-state index contributed by atoms with van der Waals surface area (Å²) in [6.45, 7) is 4.58. The van der Waals surface area contributed by atoms with Crippen LogP contribution in [0.1, 0.15) is 20.3 Å². The number of hydrogen-bond donors (Lipinski definition) is 1. The Balaban J connectivity index is 2.98. The normalized spacial score (nSPS) is 12.3. The standard InChI is InChI=1S/C12H19ClN2O2S/c1-9(2)6-7-15(3)18(16,17)12-5-4-10(13)8-11(12)14/h4-5,8-9H,6-7,14H2,1-3H3. The Morgan fingerprint density at radius 2 is 2.00 bits per heavy atom. The second kappa shape index (κ2) is 5.91. The molecule has 1 rings (SSSR count). The van der Waals surface area contributed by atoms with Crippen molar-refractivity contribution < 1.29 is 8.42 Å². The third-order valence-corrected chi connectivity index (χ3v) is 4.85. The number of nitrogens with two attached hydrogens (primary N) is 1. The van der Waals surface area contributed by atoms with Crippen molar-refractivity contribution in [2.45, 2.75) is 25.2 Å². The summed E-state index contributed by atoms with van der Waals surface area (Å²) in [5.74, 6) is 0.449. The largest absolute Gasteiger partial charge is 0.398 e. The Kier molecular flexibility index (Phi) is 5.01. The molecule has 0 aliphatic heterocycles. The fourth-order valence-electron chi connectivity index (χ4n) is 1.48. The molecule has 0 saturated carbocycles. The molecule has 0 radical (unpaired) electrons. The zero-order chi connectivity index (χ0) is 13.9. The van der Waals surface area contributed by atoms with E-state index in [0.717, 1.165) is 6.42 Å². The van der Waals surface area contributed by atoms with Crippen LogP contribution in [0.4, 0.5) is 5.69 Å². The van der Waals surface area contributed by atoms with Crippen molar-refractivity contribution in [1.82, 2.24) is 4.31 Å². The van der Waals surface area contributed by atoms with Crippen LogP contribution in [0.15, 0.2) is 23.1 Å². The van der Waals surface area contributed by atoms with Gasteiger partial charge in [0.25, 0.3) is 0 Å². The lowest BCUT2D eigenvalue weighted by molar-refractivity contribution is 0.428. The van der Waals surface area contributed by atoms with Crippen LogP contribution in [0.3, 0.4) is 0 Å². The van der Waals surface area contributed by atoms with Crippen LogP contribution in [0.25, 0.3) is 0 Å². The lowest BCUT2D eigenvalue weighted by Gasteiger charge is -2.19. The average Bonchev–Trinajstić information content (AvgIpc) is 2.24. The summed E-state index contributed by atoms with van der Waals surface area (Å²) in [6, 6.07) is 4.42. The highest BCUT2D eigenvalue weighted by molar-refractivity contribution is 7.89. The molecule has 0 saturated heterocycles. The van der Waals surface area contributed by atoms with Crippen LogP contribution in [0, 0.1) is 5.92 Å². The minimum atomic E-state index is -3.53. The zero-order valence-corrected chi connectivity index (χ0v) is 12.4. The molecule has 0 spiro atoms. The van der Waals surface area contributed by atoms with E-state index in [2.05, 4.69) is 13.8 Å². The van der Waals surface area contributed by atoms with E-state index in [1.807, 2.05) is 0 Å². The Labute approximate surface area is 114 Å². The molecular weight excluding hydrogens is 272 g/mol. The molecule has 1 aromatic carbocycles. The SMILES string of the molecule is CC(C)CCN(C)S(=O)(=O)c1ccc(Cl)cc1N. The van der Waals surface area contributed by atoms with E-state index in [0.29, 0.717) is 17.5 Å².